The maximum atomic E-state index is 13.0. The van der Waals surface area contributed by atoms with E-state index in [2.05, 4.69) is 0 Å². The number of methoxy groups -OCH3 is 1. The predicted octanol–water partition coefficient (Wildman–Crippen LogP) is 4.70. The highest BCUT2D eigenvalue weighted by Gasteiger charge is 2.38. The first-order chi connectivity index (χ1) is 14.0. The zero-order valence-electron chi connectivity index (χ0n) is 15.8. The van der Waals surface area contributed by atoms with Crippen LogP contribution in [-0.4, -0.2) is 44.1 Å². The molecule has 2 aromatic carbocycles. The molecule has 1 heterocycles. The van der Waals surface area contributed by atoms with Crippen LogP contribution in [-0.2, 0) is 12.4 Å². The van der Waals surface area contributed by atoms with Crippen LogP contribution in [0.25, 0.3) is 0 Å². The Bertz CT molecular complexity index is 886. The fourth-order valence-corrected chi connectivity index (χ4v) is 3.30. The van der Waals surface area contributed by atoms with Crippen molar-refractivity contribution in [3.8, 4) is 5.75 Å². The number of carbonyl (C=O) groups excluding carboxylic acids is 1. The van der Waals surface area contributed by atoms with Gasteiger partial charge in [0.05, 0.1) is 23.9 Å². The minimum Gasteiger partial charge on any atom is -0.495 e. The molecule has 0 atom stereocenters. The van der Waals surface area contributed by atoms with E-state index in [0.29, 0.717) is 31.0 Å². The van der Waals surface area contributed by atoms with E-state index in [1.807, 2.05) is 17.0 Å². The molecule has 2 aromatic rings. The Kier molecular flexibility index (Phi) is 5.87. The number of nitrogens with zero attached hydrogens (tertiary/aromatic N) is 2. The molecule has 0 unspecified atom stereocenters. The molecule has 0 radical (unpaired) electrons. The van der Waals surface area contributed by atoms with E-state index < -0.39 is 35.0 Å². The molecular weight excluding hydrogens is 414 g/mol. The van der Waals surface area contributed by atoms with Crippen LogP contribution in [0, 0.1) is 0 Å². The van der Waals surface area contributed by atoms with Gasteiger partial charge >= 0.3 is 12.4 Å². The Hall–Kier alpha value is -2.91. The SMILES string of the molecule is COc1ccccc1N1CCN(C(=O)c2cc(C(F)(F)F)cc(C(F)(F)F)c2)CC1. The van der Waals surface area contributed by atoms with Crippen LogP contribution in [0.4, 0.5) is 32.0 Å². The fourth-order valence-electron chi connectivity index (χ4n) is 3.30. The predicted molar refractivity (Wildman–Crippen MR) is 97.6 cm³/mol. The molecule has 10 heteroatoms. The van der Waals surface area contributed by atoms with Crippen LogP contribution in [0.3, 0.4) is 0 Å². The van der Waals surface area contributed by atoms with Gasteiger partial charge < -0.3 is 14.5 Å². The third-order valence-corrected chi connectivity index (χ3v) is 4.83. The molecule has 0 aromatic heterocycles. The lowest BCUT2D eigenvalue weighted by Crippen LogP contribution is -2.49. The number of para-hydroxylation sites is 2. The number of piperazine rings is 1. The molecule has 0 spiro atoms. The average Bonchev–Trinajstić information content (AvgIpc) is 2.71. The molecule has 1 amide bonds. The van der Waals surface area contributed by atoms with Crippen LogP contribution in [0.5, 0.6) is 5.75 Å². The van der Waals surface area contributed by atoms with Gasteiger partial charge in [-0.05, 0) is 30.3 Å². The number of alkyl halides is 6. The van der Waals surface area contributed by atoms with Gasteiger partial charge in [0, 0.05) is 31.7 Å². The highest BCUT2D eigenvalue weighted by Crippen LogP contribution is 2.36. The van der Waals surface area contributed by atoms with Crippen molar-refractivity contribution in [3.05, 3.63) is 59.2 Å². The zero-order valence-corrected chi connectivity index (χ0v) is 15.8. The van der Waals surface area contributed by atoms with Gasteiger partial charge in [0.1, 0.15) is 5.75 Å². The summed E-state index contributed by atoms with van der Waals surface area (Å²) in [4.78, 5) is 15.9. The van der Waals surface area contributed by atoms with E-state index in [0.717, 1.165) is 5.69 Å². The molecule has 0 aliphatic carbocycles. The highest BCUT2D eigenvalue weighted by molar-refractivity contribution is 5.95. The molecule has 1 aliphatic rings. The smallest absolute Gasteiger partial charge is 0.416 e. The number of rotatable bonds is 3. The van der Waals surface area contributed by atoms with Gasteiger partial charge in [0.2, 0.25) is 0 Å². The van der Waals surface area contributed by atoms with Crippen molar-refractivity contribution in [1.29, 1.82) is 0 Å². The minimum absolute atomic E-state index is 0.0103. The molecule has 0 N–H and O–H groups in total. The van der Waals surface area contributed by atoms with Gasteiger partial charge in [-0.15, -0.1) is 0 Å². The van der Waals surface area contributed by atoms with Crippen molar-refractivity contribution in [1.82, 2.24) is 4.90 Å². The number of hydrogen-bond donors (Lipinski definition) is 0. The van der Waals surface area contributed by atoms with E-state index in [1.54, 1.807) is 12.1 Å². The molecule has 30 heavy (non-hydrogen) atoms. The lowest BCUT2D eigenvalue weighted by Gasteiger charge is -2.36. The van der Waals surface area contributed by atoms with E-state index >= 15 is 0 Å². The molecular formula is C20H18F6N2O2. The summed E-state index contributed by atoms with van der Waals surface area (Å²) in [5, 5.41) is 0. The van der Waals surface area contributed by atoms with Crippen LogP contribution in [0.2, 0.25) is 0 Å². The minimum atomic E-state index is -5.00. The molecule has 162 valence electrons. The third kappa shape index (κ3) is 4.63. The van der Waals surface area contributed by atoms with E-state index in [-0.39, 0.29) is 19.2 Å². The number of ether oxygens (including phenoxy) is 1. The number of benzene rings is 2. The number of carbonyl (C=O) groups is 1. The number of hydrogen-bond acceptors (Lipinski definition) is 3. The monoisotopic (exact) mass is 432 g/mol. The lowest BCUT2D eigenvalue weighted by molar-refractivity contribution is -0.143. The van der Waals surface area contributed by atoms with E-state index in [1.165, 1.54) is 12.0 Å². The molecule has 1 fully saturated rings. The maximum absolute atomic E-state index is 13.0. The second kappa shape index (κ2) is 8.08. The number of halogens is 6. The maximum Gasteiger partial charge on any atom is 0.416 e. The van der Waals surface area contributed by atoms with Gasteiger partial charge in [-0.2, -0.15) is 26.3 Å². The van der Waals surface area contributed by atoms with Crippen molar-refractivity contribution in [3.63, 3.8) is 0 Å². The second-order valence-electron chi connectivity index (χ2n) is 6.75. The van der Waals surface area contributed by atoms with Crippen molar-refractivity contribution in [2.45, 2.75) is 12.4 Å². The first-order valence-corrected chi connectivity index (χ1v) is 8.97. The Morgan fingerprint density at radius 3 is 1.90 bits per heavy atom. The summed E-state index contributed by atoms with van der Waals surface area (Å²) in [6, 6.07) is 8.16. The zero-order chi connectivity index (χ0) is 22.1. The Morgan fingerprint density at radius 2 is 1.40 bits per heavy atom. The lowest BCUT2D eigenvalue weighted by atomic mass is 10.0. The summed E-state index contributed by atoms with van der Waals surface area (Å²) < 4.78 is 83.5. The van der Waals surface area contributed by atoms with Crippen molar-refractivity contribution < 1.29 is 35.9 Å². The quantitative estimate of drug-likeness (QED) is 0.660. The van der Waals surface area contributed by atoms with Crippen molar-refractivity contribution >= 4 is 11.6 Å². The highest BCUT2D eigenvalue weighted by atomic mass is 19.4. The number of amides is 1. The normalized spacial score (nSPS) is 15.3. The van der Waals surface area contributed by atoms with Crippen molar-refractivity contribution in [2.75, 3.05) is 38.2 Å². The summed E-state index contributed by atoms with van der Waals surface area (Å²) in [5.74, 6) is -0.240. The summed E-state index contributed by atoms with van der Waals surface area (Å²) in [5.41, 5.74) is -2.85. The Morgan fingerprint density at radius 1 is 0.867 bits per heavy atom. The second-order valence-corrected chi connectivity index (χ2v) is 6.75. The fraction of sp³-hybridized carbons (Fsp3) is 0.350. The molecule has 0 bridgehead atoms. The summed E-state index contributed by atoms with van der Waals surface area (Å²) >= 11 is 0. The summed E-state index contributed by atoms with van der Waals surface area (Å²) in [6.07, 6.45) is -10.0. The number of anilines is 1. The summed E-state index contributed by atoms with van der Waals surface area (Å²) in [6.45, 7) is 1.01. The van der Waals surface area contributed by atoms with E-state index in [4.69, 9.17) is 4.74 Å². The van der Waals surface area contributed by atoms with Gasteiger partial charge in [0.15, 0.2) is 0 Å². The molecule has 1 aliphatic heterocycles. The van der Waals surface area contributed by atoms with Gasteiger partial charge in [0.25, 0.3) is 5.91 Å². The molecule has 4 nitrogen and oxygen atoms in total. The first-order valence-electron chi connectivity index (χ1n) is 8.97. The molecule has 3 rings (SSSR count). The van der Waals surface area contributed by atoms with Crippen LogP contribution in [0.1, 0.15) is 21.5 Å². The molecule has 1 saturated heterocycles. The Balaban J connectivity index is 1.81. The molecule has 0 saturated carbocycles. The Labute approximate surface area is 168 Å². The summed E-state index contributed by atoms with van der Waals surface area (Å²) in [7, 11) is 1.52. The van der Waals surface area contributed by atoms with Gasteiger partial charge in [-0.1, -0.05) is 12.1 Å². The van der Waals surface area contributed by atoms with Gasteiger partial charge in [-0.3, -0.25) is 4.79 Å². The third-order valence-electron chi connectivity index (χ3n) is 4.83. The van der Waals surface area contributed by atoms with Crippen LogP contribution >= 0.6 is 0 Å². The van der Waals surface area contributed by atoms with E-state index in [9.17, 15) is 31.1 Å². The topological polar surface area (TPSA) is 32.8 Å². The first kappa shape index (κ1) is 21.8. The van der Waals surface area contributed by atoms with Crippen LogP contribution in [0.15, 0.2) is 42.5 Å². The average molecular weight is 432 g/mol. The van der Waals surface area contributed by atoms with Crippen LogP contribution < -0.4 is 9.64 Å². The standard InChI is InChI=1S/C20H18F6N2O2/c1-30-17-5-3-2-4-16(17)27-6-8-28(9-7-27)18(29)13-10-14(19(21,22)23)12-15(11-13)20(24,25)26/h2-5,10-12H,6-9H2,1H3. The van der Waals surface area contributed by atoms with Gasteiger partial charge in [-0.25, -0.2) is 0 Å². The largest absolute Gasteiger partial charge is 0.495 e. The van der Waals surface area contributed by atoms with Crippen molar-refractivity contribution in [2.24, 2.45) is 0 Å².